The number of nitrogens with zero attached hydrogens (tertiary/aromatic N) is 4. The Hall–Kier alpha value is -3.12. The van der Waals surface area contributed by atoms with E-state index >= 15 is 0 Å². The Kier molecular flexibility index (Phi) is 3.77. The van der Waals surface area contributed by atoms with Crippen LogP contribution >= 0.6 is 10.9 Å². The van der Waals surface area contributed by atoms with Gasteiger partial charge in [0.15, 0.2) is 5.16 Å². The van der Waals surface area contributed by atoms with Gasteiger partial charge in [0.05, 0.1) is 16.8 Å². The molecule has 4 rings (SSSR count). The van der Waals surface area contributed by atoms with Gasteiger partial charge in [-0.1, -0.05) is 12.2 Å². The number of nitrogens with one attached hydrogen (secondary N) is 1. The number of fused-ring (bicyclic) bond motifs is 1. The zero-order valence-electron chi connectivity index (χ0n) is 13.0. The van der Waals surface area contributed by atoms with Crippen LogP contribution in [-0.2, 0) is 6.18 Å². The summed E-state index contributed by atoms with van der Waals surface area (Å²) in [5, 5.41) is 14.1. The Bertz CT molecular complexity index is 1100. The summed E-state index contributed by atoms with van der Waals surface area (Å²) in [5.41, 5.74) is 0.310. The maximum atomic E-state index is 13.0. The third-order valence-corrected chi connectivity index (χ3v) is 5.51. The zero-order chi connectivity index (χ0) is 18.3. The van der Waals surface area contributed by atoms with Gasteiger partial charge in [0.25, 0.3) is 0 Å². The summed E-state index contributed by atoms with van der Waals surface area (Å²) in [6.07, 6.45) is 2.96. The van der Waals surface area contributed by atoms with Gasteiger partial charge in [0, 0.05) is 29.5 Å². The van der Waals surface area contributed by atoms with Gasteiger partial charge >= 0.3 is 6.18 Å². The lowest BCUT2D eigenvalue weighted by atomic mass is 10.1. The normalized spacial score (nSPS) is 14.9. The summed E-state index contributed by atoms with van der Waals surface area (Å²) in [7, 11) is -0.816. The van der Waals surface area contributed by atoms with Gasteiger partial charge in [-0.25, -0.2) is 15.0 Å². The van der Waals surface area contributed by atoms with E-state index in [0.29, 0.717) is 22.1 Å². The SMILES string of the molecule is N#Cc1cnc([SH]2C=CC=C2)nc1-c1c[nH]c2ncc(C(F)(F)F)cc12. The van der Waals surface area contributed by atoms with Crippen molar-refractivity contribution in [3.05, 3.63) is 58.8 Å². The summed E-state index contributed by atoms with van der Waals surface area (Å²) < 4.78 is 39.1. The number of rotatable bonds is 2. The lowest BCUT2D eigenvalue weighted by Crippen LogP contribution is -2.05. The van der Waals surface area contributed by atoms with Crippen LogP contribution in [0.25, 0.3) is 22.3 Å². The molecular weight excluding hydrogens is 363 g/mol. The van der Waals surface area contributed by atoms with E-state index in [9.17, 15) is 18.4 Å². The Morgan fingerprint density at radius 1 is 1.12 bits per heavy atom. The van der Waals surface area contributed by atoms with Crippen LogP contribution in [0.3, 0.4) is 0 Å². The number of H-pyrrole nitrogens is 1. The monoisotopic (exact) mass is 373 g/mol. The standard InChI is InChI=1S/C17H10F3N5S/c18-17(19,20)11-5-12-13(9-23-15(12)22-8-11)14-10(6-21)7-24-16(25-14)26-3-1-2-4-26/h1-5,7-9,26H,(H,22,23). The molecule has 1 aliphatic rings. The molecule has 1 N–H and O–H groups in total. The maximum Gasteiger partial charge on any atom is 0.417 e. The number of aromatic amines is 1. The molecule has 9 heteroatoms. The number of nitriles is 1. The molecule has 130 valence electrons. The molecule has 0 radical (unpaired) electrons. The van der Waals surface area contributed by atoms with E-state index in [-0.39, 0.29) is 10.9 Å². The van der Waals surface area contributed by atoms with E-state index in [1.807, 2.05) is 29.0 Å². The van der Waals surface area contributed by atoms with Gasteiger partial charge in [-0.3, -0.25) is 0 Å². The fourth-order valence-corrected chi connectivity index (χ4v) is 3.95. The van der Waals surface area contributed by atoms with Crippen molar-refractivity contribution in [2.45, 2.75) is 11.3 Å². The Balaban J connectivity index is 1.91. The van der Waals surface area contributed by atoms with E-state index in [4.69, 9.17) is 0 Å². The summed E-state index contributed by atoms with van der Waals surface area (Å²) in [5.74, 6) is 0. The molecule has 1 aliphatic heterocycles. The van der Waals surface area contributed by atoms with Crippen LogP contribution in [0.2, 0.25) is 0 Å². The van der Waals surface area contributed by atoms with E-state index in [2.05, 4.69) is 19.9 Å². The van der Waals surface area contributed by atoms with Crippen molar-refractivity contribution in [1.29, 1.82) is 5.26 Å². The highest BCUT2D eigenvalue weighted by molar-refractivity contribution is 8.22. The first-order valence-corrected chi connectivity index (χ1v) is 8.90. The highest BCUT2D eigenvalue weighted by Crippen LogP contribution is 2.41. The number of thiol groups is 1. The molecule has 0 bridgehead atoms. The number of hydrogen-bond acceptors (Lipinski definition) is 4. The summed E-state index contributed by atoms with van der Waals surface area (Å²) >= 11 is 0. The summed E-state index contributed by atoms with van der Waals surface area (Å²) in [6, 6.07) is 3.01. The molecule has 4 heterocycles. The van der Waals surface area contributed by atoms with Gasteiger partial charge in [0.2, 0.25) is 0 Å². The average molecular weight is 373 g/mol. The van der Waals surface area contributed by atoms with Crippen LogP contribution in [0, 0.1) is 11.3 Å². The minimum atomic E-state index is -4.51. The van der Waals surface area contributed by atoms with Crippen molar-refractivity contribution >= 4 is 21.9 Å². The van der Waals surface area contributed by atoms with Crippen LogP contribution in [-0.4, -0.2) is 19.9 Å². The number of hydrogen-bond donors (Lipinski definition) is 2. The minimum absolute atomic E-state index is 0.189. The molecule has 3 aromatic rings. The minimum Gasteiger partial charge on any atom is -0.345 e. The molecule has 0 fully saturated rings. The predicted molar refractivity (Wildman–Crippen MR) is 92.4 cm³/mol. The Labute approximate surface area is 148 Å². The second kappa shape index (κ2) is 6.00. The predicted octanol–water partition coefficient (Wildman–Crippen LogP) is 4.31. The van der Waals surface area contributed by atoms with E-state index < -0.39 is 22.6 Å². The van der Waals surface area contributed by atoms with E-state index in [0.717, 1.165) is 12.3 Å². The molecule has 3 aromatic heterocycles. The van der Waals surface area contributed by atoms with Crippen molar-refractivity contribution in [1.82, 2.24) is 19.9 Å². The molecule has 0 saturated carbocycles. The van der Waals surface area contributed by atoms with Gasteiger partial charge in [-0.15, -0.1) is 0 Å². The van der Waals surface area contributed by atoms with Crippen LogP contribution in [0.1, 0.15) is 11.1 Å². The van der Waals surface area contributed by atoms with Crippen LogP contribution in [0.5, 0.6) is 0 Å². The molecule has 26 heavy (non-hydrogen) atoms. The molecule has 0 spiro atoms. The lowest BCUT2D eigenvalue weighted by molar-refractivity contribution is -0.137. The first-order chi connectivity index (χ1) is 12.5. The van der Waals surface area contributed by atoms with Crippen molar-refractivity contribution in [2.75, 3.05) is 0 Å². The molecule has 0 atom stereocenters. The number of halogens is 3. The van der Waals surface area contributed by atoms with Crippen molar-refractivity contribution in [3.63, 3.8) is 0 Å². The van der Waals surface area contributed by atoms with Gasteiger partial charge < -0.3 is 4.98 Å². The quantitative estimate of drug-likeness (QED) is 0.518. The molecule has 0 aliphatic carbocycles. The number of pyridine rings is 1. The lowest BCUT2D eigenvalue weighted by Gasteiger charge is -2.11. The molecule has 0 aromatic carbocycles. The number of alkyl halides is 3. The third kappa shape index (κ3) is 2.74. The molecule has 0 saturated heterocycles. The van der Waals surface area contributed by atoms with Crippen molar-refractivity contribution < 1.29 is 13.2 Å². The van der Waals surface area contributed by atoms with Crippen molar-refractivity contribution in [2.24, 2.45) is 0 Å². The van der Waals surface area contributed by atoms with E-state index in [1.165, 1.54) is 12.4 Å². The Morgan fingerprint density at radius 3 is 2.58 bits per heavy atom. The van der Waals surface area contributed by atoms with Gasteiger partial charge in [-0.05, 0) is 16.9 Å². The Morgan fingerprint density at radius 2 is 1.88 bits per heavy atom. The second-order valence-electron chi connectivity index (χ2n) is 5.45. The highest BCUT2D eigenvalue weighted by atomic mass is 32.2. The molecule has 0 amide bonds. The van der Waals surface area contributed by atoms with Crippen LogP contribution in [0.15, 0.2) is 52.8 Å². The van der Waals surface area contributed by atoms with Gasteiger partial charge in [0.1, 0.15) is 11.7 Å². The first kappa shape index (κ1) is 16.4. The largest absolute Gasteiger partial charge is 0.417 e. The number of aromatic nitrogens is 4. The fourth-order valence-electron chi connectivity index (χ4n) is 2.61. The highest BCUT2D eigenvalue weighted by Gasteiger charge is 2.31. The van der Waals surface area contributed by atoms with E-state index in [1.54, 1.807) is 0 Å². The number of allylic oxidation sites excluding steroid dienone is 2. The maximum absolute atomic E-state index is 13.0. The smallest absolute Gasteiger partial charge is 0.345 e. The molecule has 0 unspecified atom stereocenters. The topological polar surface area (TPSA) is 78.2 Å². The fraction of sp³-hybridized carbons (Fsp3) is 0.0588. The third-order valence-electron chi connectivity index (χ3n) is 3.85. The zero-order valence-corrected chi connectivity index (χ0v) is 13.9. The van der Waals surface area contributed by atoms with Crippen molar-refractivity contribution in [3.8, 4) is 17.3 Å². The second-order valence-corrected chi connectivity index (χ2v) is 7.27. The molecule has 5 nitrogen and oxygen atoms in total. The average Bonchev–Trinajstić information content (AvgIpc) is 3.29. The van der Waals surface area contributed by atoms with Gasteiger partial charge in [-0.2, -0.15) is 29.3 Å². The van der Waals surface area contributed by atoms with Crippen LogP contribution in [0.4, 0.5) is 13.2 Å². The summed E-state index contributed by atoms with van der Waals surface area (Å²) in [6.45, 7) is 0. The van der Waals surface area contributed by atoms with Crippen LogP contribution < -0.4 is 0 Å². The first-order valence-electron chi connectivity index (χ1n) is 7.42. The molecular formula is C17H10F3N5S. The summed E-state index contributed by atoms with van der Waals surface area (Å²) in [4.78, 5) is 15.4.